The maximum Gasteiger partial charge on any atom is 0.326 e. The van der Waals surface area contributed by atoms with Crippen molar-refractivity contribution in [2.24, 2.45) is 11.8 Å². The Bertz CT molecular complexity index is 2030. The van der Waals surface area contributed by atoms with Crippen LogP contribution in [0.1, 0.15) is 66.4 Å². The number of phenolic OH excluding ortho intramolecular Hbond substituents is 1. The lowest BCUT2D eigenvalue weighted by Crippen LogP contribution is -2.61. The Hall–Kier alpha value is -6.58. The van der Waals surface area contributed by atoms with E-state index in [4.69, 9.17) is 0 Å². The first kappa shape index (κ1) is 59.5. The molecule has 0 aliphatic carbocycles. The number of aliphatic carboxylic acids is 2. The van der Waals surface area contributed by atoms with Crippen LogP contribution in [0.15, 0.2) is 24.3 Å². The molecular formula is C43H66N10O16S. The SMILES string of the molecule is CC(C)[C@H](NC(=O)CNC(=O)[C@H](CC(=O)O)NC(=O)[C@@H](NC(=O)CNC(=O)[C@H](CS)NC(=O)[C@@H](NC(=O)[C@@H]1CCCN1)C(C)C)[C@@H](C)O)C(=O)N[C@H](C(=O)N[C@@H](Cc1ccc(O)cc1)C(=O)O)[C@@H](C)O. The summed E-state index contributed by atoms with van der Waals surface area (Å²) in [6.45, 7) is 7.60. The fourth-order valence-corrected chi connectivity index (χ4v) is 7.00. The van der Waals surface area contributed by atoms with E-state index in [1.807, 2.05) is 0 Å². The second-order valence-electron chi connectivity index (χ2n) is 17.3. The minimum Gasteiger partial charge on any atom is -0.508 e. The number of aliphatic hydroxyl groups excluding tert-OH is 2. The monoisotopic (exact) mass is 1010 g/mol. The number of thiol groups is 1. The quantitative estimate of drug-likeness (QED) is 0.0349. The molecule has 390 valence electrons. The summed E-state index contributed by atoms with van der Waals surface area (Å²) >= 11 is 4.11. The van der Waals surface area contributed by atoms with Crippen molar-refractivity contribution in [3.05, 3.63) is 29.8 Å². The van der Waals surface area contributed by atoms with Crippen molar-refractivity contribution in [3.8, 4) is 5.75 Å². The third-order valence-corrected chi connectivity index (χ3v) is 11.1. The second kappa shape index (κ2) is 28.8. The Kier molecular flexibility index (Phi) is 24.5. The van der Waals surface area contributed by atoms with Crippen molar-refractivity contribution >= 4 is 77.7 Å². The van der Waals surface area contributed by atoms with Crippen LogP contribution >= 0.6 is 12.6 Å². The number of carboxylic acids is 2. The number of nitrogens with one attached hydrogen (secondary N) is 10. The van der Waals surface area contributed by atoms with E-state index in [0.717, 1.165) is 20.3 Å². The summed E-state index contributed by atoms with van der Waals surface area (Å²) in [6, 6.07) is -5.62. The van der Waals surface area contributed by atoms with E-state index in [2.05, 4.69) is 65.8 Å². The number of carbonyl (C=O) groups excluding carboxylic acids is 9. The fourth-order valence-electron chi connectivity index (χ4n) is 6.75. The molecule has 15 N–H and O–H groups in total. The summed E-state index contributed by atoms with van der Waals surface area (Å²) < 4.78 is 0. The van der Waals surface area contributed by atoms with Gasteiger partial charge in [0.15, 0.2) is 0 Å². The average molecular weight is 1010 g/mol. The Morgan fingerprint density at radius 2 is 1.04 bits per heavy atom. The minimum atomic E-state index is -1.90. The molecule has 1 fully saturated rings. The van der Waals surface area contributed by atoms with Crippen molar-refractivity contribution in [2.75, 3.05) is 25.4 Å². The van der Waals surface area contributed by atoms with Crippen LogP contribution < -0.4 is 53.2 Å². The van der Waals surface area contributed by atoms with E-state index < -0.39 is 145 Å². The molecule has 1 heterocycles. The van der Waals surface area contributed by atoms with E-state index in [-0.39, 0.29) is 29.7 Å². The van der Waals surface area contributed by atoms with Crippen LogP contribution in [-0.2, 0) is 59.2 Å². The molecule has 9 amide bonds. The lowest BCUT2D eigenvalue weighted by molar-refractivity contribution is -0.143. The van der Waals surface area contributed by atoms with Crippen molar-refractivity contribution in [3.63, 3.8) is 0 Å². The first-order chi connectivity index (χ1) is 32.7. The molecular weight excluding hydrogens is 945 g/mol. The maximum atomic E-state index is 13.4. The van der Waals surface area contributed by atoms with Crippen molar-refractivity contribution in [2.45, 2.75) is 128 Å². The van der Waals surface area contributed by atoms with Gasteiger partial charge in [-0.2, -0.15) is 12.6 Å². The van der Waals surface area contributed by atoms with Crippen molar-refractivity contribution in [1.82, 2.24) is 53.2 Å². The number of hydrogen-bond donors (Lipinski definition) is 16. The van der Waals surface area contributed by atoms with Gasteiger partial charge in [-0.1, -0.05) is 39.8 Å². The summed E-state index contributed by atoms with van der Waals surface area (Å²) in [7, 11) is 0. The summed E-state index contributed by atoms with van der Waals surface area (Å²) in [5.74, 6) is -12.9. The van der Waals surface area contributed by atoms with Crippen LogP contribution in [0.2, 0.25) is 0 Å². The molecule has 1 saturated heterocycles. The Balaban J connectivity index is 2.03. The fraction of sp³-hybridized carbons (Fsp3) is 0.605. The molecule has 0 spiro atoms. The predicted molar refractivity (Wildman–Crippen MR) is 249 cm³/mol. The summed E-state index contributed by atoms with van der Waals surface area (Å²) in [5, 5.41) is 73.2. The second-order valence-corrected chi connectivity index (χ2v) is 17.7. The molecule has 0 saturated carbocycles. The van der Waals surface area contributed by atoms with Gasteiger partial charge < -0.3 is 78.7 Å². The maximum absolute atomic E-state index is 13.4. The molecule has 1 aliphatic heterocycles. The summed E-state index contributed by atoms with van der Waals surface area (Å²) in [6.07, 6.45) is -3.12. The first-order valence-corrected chi connectivity index (χ1v) is 23.0. The number of aromatic hydroxyl groups is 1. The van der Waals surface area contributed by atoms with Crippen LogP contribution in [0.4, 0.5) is 0 Å². The highest BCUT2D eigenvalue weighted by molar-refractivity contribution is 7.80. The lowest BCUT2D eigenvalue weighted by Gasteiger charge is -2.27. The summed E-state index contributed by atoms with van der Waals surface area (Å²) in [4.78, 5) is 141. The number of carbonyl (C=O) groups is 11. The molecule has 2 rings (SSSR count). The van der Waals surface area contributed by atoms with E-state index in [1.54, 1.807) is 13.8 Å². The zero-order valence-electron chi connectivity index (χ0n) is 39.6. The van der Waals surface area contributed by atoms with Gasteiger partial charge in [-0.15, -0.1) is 0 Å². The van der Waals surface area contributed by atoms with Crippen LogP contribution in [0.25, 0.3) is 0 Å². The summed E-state index contributed by atoms with van der Waals surface area (Å²) in [5.41, 5.74) is 0.435. The number of benzene rings is 1. The Morgan fingerprint density at radius 1 is 0.600 bits per heavy atom. The van der Waals surface area contributed by atoms with Gasteiger partial charge in [0.25, 0.3) is 0 Å². The van der Waals surface area contributed by atoms with Crippen LogP contribution in [-0.4, -0.2) is 177 Å². The van der Waals surface area contributed by atoms with Gasteiger partial charge in [-0.25, -0.2) is 4.79 Å². The average Bonchev–Trinajstić information content (AvgIpc) is 3.83. The molecule has 1 aromatic rings. The van der Waals surface area contributed by atoms with Gasteiger partial charge >= 0.3 is 11.9 Å². The Morgan fingerprint density at radius 3 is 1.50 bits per heavy atom. The zero-order chi connectivity index (χ0) is 53.0. The molecule has 0 bridgehead atoms. The molecule has 27 heteroatoms. The number of carboxylic acid groups (broad SMARTS) is 2. The van der Waals surface area contributed by atoms with E-state index in [9.17, 15) is 78.3 Å². The minimum absolute atomic E-state index is 0.0740. The van der Waals surface area contributed by atoms with Crippen molar-refractivity contribution < 1.29 is 78.3 Å². The van der Waals surface area contributed by atoms with Gasteiger partial charge in [-0.3, -0.25) is 47.9 Å². The topological polar surface area (TPSA) is 409 Å². The van der Waals surface area contributed by atoms with E-state index >= 15 is 0 Å². The molecule has 1 aromatic carbocycles. The lowest BCUT2D eigenvalue weighted by atomic mass is 10.0. The number of hydrogen-bond acceptors (Lipinski definition) is 16. The van der Waals surface area contributed by atoms with Crippen molar-refractivity contribution in [1.29, 1.82) is 0 Å². The van der Waals surface area contributed by atoms with Gasteiger partial charge in [0.05, 0.1) is 37.8 Å². The highest BCUT2D eigenvalue weighted by Crippen LogP contribution is 2.13. The van der Waals surface area contributed by atoms with E-state index in [1.165, 1.54) is 38.1 Å². The molecule has 26 nitrogen and oxygen atoms in total. The van der Waals surface area contributed by atoms with Crippen LogP contribution in [0.5, 0.6) is 5.75 Å². The van der Waals surface area contributed by atoms with Gasteiger partial charge in [0.1, 0.15) is 48.0 Å². The molecule has 1 aliphatic rings. The molecule has 0 radical (unpaired) electrons. The number of rotatable bonds is 28. The molecule has 0 aromatic heterocycles. The highest BCUT2D eigenvalue weighted by Gasteiger charge is 2.36. The van der Waals surface area contributed by atoms with Gasteiger partial charge in [-0.05, 0) is 62.8 Å². The zero-order valence-corrected chi connectivity index (χ0v) is 40.5. The molecule has 10 atom stereocenters. The number of aliphatic hydroxyl groups is 2. The third kappa shape index (κ3) is 19.8. The first-order valence-electron chi connectivity index (χ1n) is 22.3. The predicted octanol–water partition coefficient (Wildman–Crippen LogP) is -5.12. The van der Waals surface area contributed by atoms with Crippen LogP contribution in [0.3, 0.4) is 0 Å². The smallest absolute Gasteiger partial charge is 0.326 e. The normalized spacial score (nSPS) is 17.1. The van der Waals surface area contributed by atoms with E-state index in [0.29, 0.717) is 18.5 Å². The largest absolute Gasteiger partial charge is 0.508 e. The molecule has 70 heavy (non-hydrogen) atoms. The number of phenols is 1. The highest BCUT2D eigenvalue weighted by atomic mass is 32.1. The Labute approximate surface area is 408 Å². The van der Waals surface area contributed by atoms with Crippen LogP contribution in [0, 0.1) is 11.8 Å². The van der Waals surface area contributed by atoms with Gasteiger partial charge in [0.2, 0.25) is 53.2 Å². The standard InChI is InChI=1S/C43H66N10O16S/c1-19(2)32(40(65)53-35(22(6)55)42(67)48-27(43(68)69)14-23-9-11-24(56)12-10-23)50-29(57)16-45-36(61)26(15-31(59)60)47-41(66)34(21(5)54)51-30(58)17-46-37(62)28(18-70)49-39(64)33(20(3)4)52-38(63)25-8-7-13-44-25/h9-12,19-22,25-28,32-35,44,54-56,70H,7-8,13-18H2,1-6H3,(H,45,61)(H,46,62)(H,47,66)(H,48,67)(H,49,64)(H,50,57)(H,51,58)(H,52,63)(H,53,65)(H,59,60)(H,68,69)/t21-,22-,25+,26+,27+,28+,32+,33+,34+,35+/m1/s1. The number of amides is 9. The third-order valence-electron chi connectivity index (χ3n) is 10.7. The van der Waals surface area contributed by atoms with Gasteiger partial charge in [0, 0.05) is 12.2 Å². The molecule has 0 unspecified atom stereocenters.